The van der Waals surface area contributed by atoms with Gasteiger partial charge in [-0.2, -0.15) is 0 Å². The molecule has 1 aromatic rings. The maximum absolute atomic E-state index is 11.9. The molecule has 1 aliphatic rings. The Morgan fingerprint density at radius 3 is 2.61 bits per heavy atom. The zero-order chi connectivity index (χ0) is 13.1. The number of rotatable bonds is 4. The van der Waals surface area contributed by atoms with Gasteiger partial charge < -0.3 is 10.1 Å². The molecule has 0 saturated heterocycles. The van der Waals surface area contributed by atoms with Crippen LogP contribution < -0.4 is 5.32 Å². The number of nitrogens with zero attached hydrogens (tertiary/aromatic N) is 1. The Morgan fingerprint density at radius 2 is 2.06 bits per heavy atom. The van der Waals surface area contributed by atoms with Crippen LogP contribution >= 0.6 is 23.2 Å². The highest BCUT2D eigenvalue weighted by Gasteiger charge is 2.30. The van der Waals surface area contributed by atoms with E-state index in [0.29, 0.717) is 12.2 Å². The number of carbonyl (C=O) groups excluding carboxylic acids is 1. The molecule has 2 rings (SSSR count). The summed E-state index contributed by atoms with van der Waals surface area (Å²) in [6.45, 7) is 2.67. The van der Waals surface area contributed by atoms with Gasteiger partial charge in [0.15, 0.2) is 0 Å². The Kier molecular flexibility index (Phi) is 4.43. The predicted octanol–water partition coefficient (Wildman–Crippen LogP) is 2.69. The van der Waals surface area contributed by atoms with Crippen LogP contribution in [0.1, 0.15) is 30.1 Å². The van der Waals surface area contributed by atoms with Gasteiger partial charge in [-0.25, -0.2) is 4.98 Å². The van der Waals surface area contributed by atoms with E-state index in [1.807, 2.05) is 6.92 Å². The van der Waals surface area contributed by atoms with Gasteiger partial charge in [0, 0.05) is 18.2 Å². The van der Waals surface area contributed by atoms with Gasteiger partial charge >= 0.3 is 0 Å². The maximum Gasteiger partial charge on any atom is 0.251 e. The first-order valence-corrected chi connectivity index (χ1v) is 6.59. The molecule has 4 nitrogen and oxygen atoms in total. The number of hydrogen-bond donors (Lipinski definition) is 1. The minimum atomic E-state index is -0.179. The first kappa shape index (κ1) is 13.6. The summed E-state index contributed by atoms with van der Waals surface area (Å²) in [6.07, 6.45) is 1.98. The molecule has 1 N–H and O–H groups in total. The molecular formula is C12H14Cl2N2O2. The van der Waals surface area contributed by atoms with Gasteiger partial charge in [0.1, 0.15) is 10.3 Å². The van der Waals surface area contributed by atoms with Crippen LogP contribution in [0.25, 0.3) is 0 Å². The molecule has 1 saturated carbocycles. The van der Waals surface area contributed by atoms with Crippen LogP contribution in [0, 0.1) is 0 Å². The van der Waals surface area contributed by atoms with Crippen molar-refractivity contribution in [3.05, 3.63) is 28.0 Å². The lowest BCUT2D eigenvalue weighted by Gasteiger charge is -2.35. The van der Waals surface area contributed by atoms with Crippen molar-refractivity contribution in [1.29, 1.82) is 0 Å². The fourth-order valence-electron chi connectivity index (χ4n) is 1.92. The average molecular weight is 289 g/mol. The van der Waals surface area contributed by atoms with E-state index in [4.69, 9.17) is 27.9 Å². The standard InChI is InChI=1S/C12H14Cl2N2O2/c1-2-18-9-5-8(6-9)15-12(17)7-3-10(13)16-11(14)4-7/h3-4,8-9H,2,5-6H2,1H3,(H,15,17). The molecule has 0 atom stereocenters. The lowest BCUT2D eigenvalue weighted by atomic mass is 9.89. The van der Waals surface area contributed by atoms with Gasteiger partial charge in [0.2, 0.25) is 0 Å². The number of ether oxygens (including phenoxy) is 1. The third kappa shape index (κ3) is 3.34. The topological polar surface area (TPSA) is 51.2 Å². The van der Waals surface area contributed by atoms with E-state index in [1.54, 1.807) is 0 Å². The number of nitrogens with one attached hydrogen (secondary N) is 1. The molecule has 0 unspecified atom stereocenters. The van der Waals surface area contributed by atoms with Gasteiger partial charge in [-0.3, -0.25) is 4.79 Å². The molecular weight excluding hydrogens is 275 g/mol. The normalized spacial score (nSPS) is 22.4. The van der Waals surface area contributed by atoms with Crippen LogP contribution in [0.2, 0.25) is 10.3 Å². The van der Waals surface area contributed by atoms with E-state index >= 15 is 0 Å². The smallest absolute Gasteiger partial charge is 0.251 e. The van der Waals surface area contributed by atoms with Crippen molar-refractivity contribution in [1.82, 2.24) is 10.3 Å². The van der Waals surface area contributed by atoms with Crippen LogP contribution in [-0.4, -0.2) is 29.6 Å². The molecule has 1 aliphatic carbocycles. The molecule has 0 radical (unpaired) electrons. The molecule has 0 spiro atoms. The van der Waals surface area contributed by atoms with E-state index in [2.05, 4.69) is 10.3 Å². The molecule has 1 amide bonds. The second kappa shape index (κ2) is 5.87. The van der Waals surface area contributed by atoms with E-state index in [9.17, 15) is 4.79 Å². The number of amides is 1. The molecule has 98 valence electrons. The summed E-state index contributed by atoms with van der Waals surface area (Å²) in [5.74, 6) is -0.179. The highest BCUT2D eigenvalue weighted by Crippen LogP contribution is 2.24. The molecule has 1 aromatic heterocycles. The summed E-state index contributed by atoms with van der Waals surface area (Å²) < 4.78 is 5.43. The summed E-state index contributed by atoms with van der Waals surface area (Å²) in [5.41, 5.74) is 0.430. The second-order valence-electron chi connectivity index (χ2n) is 4.22. The third-order valence-electron chi connectivity index (χ3n) is 2.86. The summed E-state index contributed by atoms with van der Waals surface area (Å²) in [6, 6.07) is 3.17. The predicted molar refractivity (Wildman–Crippen MR) is 70.2 cm³/mol. The van der Waals surface area contributed by atoms with E-state index in [-0.39, 0.29) is 28.4 Å². The molecule has 6 heteroatoms. The van der Waals surface area contributed by atoms with Crippen LogP contribution in [0.3, 0.4) is 0 Å². The monoisotopic (exact) mass is 288 g/mol. The quantitative estimate of drug-likeness (QED) is 0.867. The number of carbonyl (C=O) groups is 1. The Hall–Kier alpha value is -0.840. The summed E-state index contributed by atoms with van der Waals surface area (Å²) in [5, 5.41) is 3.34. The zero-order valence-corrected chi connectivity index (χ0v) is 11.5. The first-order valence-electron chi connectivity index (χ1n) is 5.84. The molecule has 0 bridgehead atoms. The van der Waals surface area contributed by atoms with Gasteiger partial charge in [-0.05, 0) is 31.9 Å². The Bertz CT molecular complexity index is 427. The summed E-state index contributed by atoms with van der Waals surface area (Å²) in [7, 11) is 0. The first-order chi connectivity index (χ1) is 8.58. The van der Waals surface area contributed by atoms with Gasteiger partial charge in [-0.1, -0.05) is 23.2 Å². The fourth-order valence-corrected chi connectivity index (χ4v) is 2.38. The Labute approximate surface area is 116 Å². The van der Waals surface area contributed by atoms with Crippen LogP contribution in [0.4, 0.5) is 0 Å². The molecule has 1 fully saturated rings. The molecule has 1 heterocycles. The van der Waals surface area contributed by atoms with E-state index in [0.717, 1.165) is 12.8 Å². The lowest BCUT2D eigenvalue weighted by molar-refractivity contribution is -0.00862. The minimum Gasteiger partial charge on any atom is -0.378 e. The summed E-state index contributed by atoms with van der Waals surface area (Å²) >= 11 is 11.5. The van der Waals surface area contributed by atoms with E-state index in [1.165, 1.54) is 12.1 Å². The Balaban J connectivity index is 1.89. The highest BCUT2D eigenvalue weighted by atomic mass is 35.5. The zero-order valence-electron chi connectivity index (χ0n) is 9.95. The van der Waals surface area contributed by atoms with Crippen molar-refractivity contribution >= 4 is 29.1 Å². The van der Waals surface area contributed by atoms with Crippen LogP contribution in [0.15, 0.2) is 12.1 Å². The maximum atomic E-state index is 11.9. The SMILES string of the molecule is CCOC1CC(NC(=O)c2cc(Cl)nc(Cl)c2)C1. The summed E-state index contributed by atoms with van der Waals surface area (Å²) in [4.78, 5) is 15.7. The van der Waals surface area contributed by atoms with Crippen molar-refractivity contribution in [3.8, 4) is 0 Å². The van der Waals surface area contributed by atoms with Gasteiger partial charge in [0.25, 0.3) is 5.91 Å². The largest absolute Gasteiger partial charge is 0.378 e. The minimum absolute atomic E-state index is 0.166. The van der Waals surface area contributed by atoms with Crippen LogP contribution in [0.5, 0.6) is 0 Å². The number of hydrogen-bond acceptors (Lipinski definition) is 3. The van der Waals surface area contributed by atoms with Crippen molar-refractivity contribution in [2.24, 2.45) is 0 Å². The average Bonchev–Trinajstić information content (AvgIpc) is 2.24. The lowest BCUT2D eigenvalue weighted by Crippen LogP contribution is -2.47. The van der Waals surface area contributed by atoms with Crippen LogP contribution in [-0.2, 0) is 4.74 Å². The molecule has 0 aliphatic heterocycles. The van der Waals surface area contributed by atoms with Crippen molar-refractivity contribution in [2.75, 3.05) is 6.61 Å². The number of halogens is 2. The Morgan fingerprint density at radius 1 is 1.44 bits per heavy atom. The van der Waals surface area contributed by atoms with Crippen molar-refractivity contribution < 1.29 is 9.53 Å². The second-order valence-corrected chi connectivity index (χ2v) is 4.99. The van der Waals surface area contributed by atoms with Gasteiger partial charge in [-0.15, -0.1) is 0 Å². The molecule has 18 heavy (non-hydrogen) atoms. The van der Waals surface area contributed by atoms with Gasteiger partial charge in [0.05, 0.1) is 6.10 Å². The fraction of sp³-hybridized carbons (Fsp3) is 0.500. The molecule has 0 aromatic carbocycles. The third-order valence-corrected chi connectivity index (χ3v) is 3.24. The number of aromatic nitrogens is 1. The van der Waals surface area contributed by atoms with Crippen molar-refractivity contribution in [2.45, 2.75) is 31.9 Å². The van der Waals surface area contributed by atoms with Crippen molar-refractivity contribution in [3.63, 3.8) is 0 Å². The van der Waals surface area contributed by atoms with E-state index < -0.39 is 0 Å². The highest BCUT2D eigenvalue weighted by molar-refractivity contribution is 6.33. The number of pyridine rings is 1.